The van der Waals surface area contributed by atoms with Crippen LogP contribution < -0.4 is 5.32 Å². The third-order valence-corrected chi connectivity index (χ3v) is 3.24. The fraction of sp³-hybridized carbons (Fsp3) is 0.400. The highest BCUT2D eigenvalue weighted by Crippen LogP contribution is 2.35. The molecule has 1 aliphatic heterocycles. The molecule has 82 valence electrons. The number of alkyl halides is 3. The summed E-state index contributed by atoms with van der Waals surface area (Å²) in [5.41, 5.74) is 0.340. The van der Waals surface area contributed by atoms with Gasteiger partial charge >= 0.3 is 6.18 Å². The fourth-order valence-electron chi connectivity index (χ4n) is 1.54. The number of hydrogen-bond acceptors (Lipinski definition) is 1. The second kappa shape index (κ2) is 3.79. The molecule has 2 rings (SSSR count). The molecule has 0 unspecified atom stereocenters. The number of benzene rings is 1. The minimum Gasteiger partial charge on any atom is -0.315 e. The molecule has 1 nitrogen and oxygen atoms in total. The Morgan fingerprint density at radius 1 is 1.27 bits per heavy atom. The zero-order chi connectivity index (χ0) is 11.1. The average Bonchev–Trinajstić information content (AvgIpc) is 2.03. The topological polar surface area (TPSA) is 12.0 Å². The van der Waals surface area contributed by atoms with Gasteiger partial charge in [0, 0.05) is 23.5 Å². The molecular weight excluding hydrogens is 271 g/mol. The highest BCUT2D eigenvalue weighted by atomic mass is 79.9. The number of nitrogens with one attached hydrogen (secondary N) is 1. The summed E-state index contributed by atoms with van der Waals surface area (Å²) in [6.07, 6.45) is -4.26. The van der Waals surface area contributed by atoms with Crippen LogP contribution in [0.3, 0.4) is 0 Å². The molecule has 1 heterocycles. The molecular formula is C10H9BrF3N. The van der Waals surface area contributed by atoms with Crippen LogP contribution in [-0.2, 0) is 6.18 Å². The summed E-state index contributed by atoms with van der Waals surface area (Å²) in [6.45, 7) is 1.67. The lowest BCUT2D eigenvalue weighted by Crippen LogP contribution is -2.40. The molecule has 1 aromatic carbocycles. The lowest BCUT2D eigenvalue weighted by molar-refractivity contribution is -0.137. The van der Waals surface area contributed by atoms with E-state index in [1.54, 1.807) is 6.07 Å². The van der Waals surface area contributed by atoms with E-state index >= 15 is 0 Å². The van der Waals surface area contributed by atoms with Crippen molar-refractivity contribution in [3.63, 3.8) is 0 Å². The Morgan fingerprint density at radius 2 is 1.93 bits per heavy atom. The third-order valence-electron chi connectivity index (χ3n) is 2.55. The van der Waals surface area contributed by atoms with Crippen LogP contribution in [0, 0.1) is 0 Å². The first-order chi connectivity index (χ1) is 6.98. The van der Waals surface area contributed by atoms with Crippen LogP contribution in [0.4, 0.5) is 13.2 Å². The van der Waals surface area contributed by atoms with Gasteiger partial charge in [-0.1, -0.05) is 22.0 Å². The van der Waals surface area contributed by atoms with Crippen molar-refractivity contribution < 1.29 is 13.2 Å². The maximum absolute atomic E-state index is 12.4. The SMILES string of the molecule is FC(F)(F)c1ccc(C2CNC2)c(Br)c1. The van der Waals surface area contributed by atoms with Crippen molar-refractivity contribution in [1.29, 1.82) is 0 Å². The monoisotopic (exact) mass is 279 g/mol. The van der Waals surface area contributed by atoms with Crippen molar-refractivity contribution in [2.45, 2.75) is 12.1 Å². The molecule has 0 aromatic heterocycles. The Kier molecular flexibility index (Phi) is 2.77. The Labute approximate surface area is 93.8 Å². The molecule has 1 saturated heterocycles. The lowest BCUT2D eigenvalue weighted by Gasteiger charge is -2.28. The molecule has 0 atom stereocenters. The van der Waals surface area contributed by atoms with E-state index in [9.17, 15) is 13.2 Å². The summed E-state index contributed by atoms with van der Waals surface area (Å²) < 4.78 is 37.6. The second-order valence-corrected chi connectivity index (χ2v) is 4.44. The van der Waals surface area contributed by atoms with Gasteiger partial charge < -0.3 is 5.32 Å². The van der Waals surface area contributed by atoms with Gasteiger partial charge in [-0.3, -0.25) is 0 Å². The van der Waals surface area contributed by atoms with Crippen LogP contribution >= 0.6 is 15.9 Å². The maximum Gasteiger partial charge on any atom is 0.416 e. The van der Waals surface area contributed by atoms with E-state index in [1.165, 1.54) is 0 Å². The zero-order valence-corrected chi connectivity index (χ0v) is 9.32. The molecule has 1 aromatic rings. The van der Waals surface area contributed by atoms with Gasteiger partial charge in [0.25, 0.3) is 0 Å². The molecule has 0 saturated carbocycles. The Hall–Kier alpha value is -0.550. The molecule has 0 amide bonds. The normalized spacial score (nSPS) is 17.6. The average molecular weight is 280 g/mol. The van der Waals surface area contributed by atoms with Gasteiger partial charge in [-0.2, -0.15) is 13.2 Å². The van der Waals surface area contributed by atoms with E-state index in [2.05, 4.69) is 21.2 Å². The molecule has 0 radical (unpaired) electrons. The van der Waals surface area contributed by atoms with Crippen molar-refractivity contribution in [3.8, 4) is 0 Å². The van der Waals surface area contributed by atoms with E-state index in [4.69, 9.17) is 0 Å². The number of halogens is 4. The van der Waals surface area contributed by atoms with Gasteiger partial charge in [-0.05, 0) is 17.7 Å². The largest absolute Gasteiger partial charge is 0.416 e. The Balaban J connectivity index is 2.30. The molecule has 15 heavy (non-hydrogen) atoms. The van der Waals surface area contributed by atoms with Crippen molar-refractivity contribution >= 4 is 15.9 Å². The molecule has 1 aliphatic rings. The zero-order valence-electron chi connectivity index (χ0n) is 7.74. The van der Waals surface area contributed by atoms with Gasteiger partial charge in [0.15, 0.2) is 0 Å². The first kappa shape index (κ1) is 11.0. The van der Waals surface area contributed by atoms with Gasteiger partial charge in [0.1, 0.15) is 0 Å². The Bertz CT molecular complexity index is 371. The van der Waals surface area contributed by atoms with Crippen LogP contribution in [0.5, 0.6) is 0 Å². The summed E-state index contributed by atoms with van der Waals surface area (Å²) in [6, 6.07) is 3.84. The lowest BCUT2D eigenvalue weighted by atomic mass is 9.93. The summed E-state index contributed by atoms with van der Waals surface area (Å²) >= 11 is 3.19. The van der Waals surface area contributed by atoms with Gasteiger partial charge in [-0.25, -0.2) is 0 Å². The number of hydrogen-bond donors (Lipinski definition) is 1. The Morgan fingerprint density at radius 3 is 2.33 bits per heavy atom. The standard InChI is InChI=1S/C10H9BrF3N/c11-9-3-7(10(12,13)14)1-2-8(9)6-4-15-5-6/h1-3,6,15H,4-5H2. The fourth-order valence-corrected chi connectivity index (χ4v) is 2.25. The van der Waals surface area contributed by atoms with Crippen LogP contribution in [0.2, 0.25) is 0 Å². The number of rotatable bonds is 1. The predicted octanol–water partition coefficient (Wildman–Crippen LogP) is 3.15. The second-order valence-electron chi connectivity index (χ2n) is 3.59. The maximum atomic E-state index is 12.4. The molecule has 5 heteroatoms. The smallest absolute Gasteiger partial charge is 0.315 e. The molecule has 0 bridgehead atoms. The summed E-state index contributed by atoms with van der Waals surface area (Å²) in [5.74, 6) is 0.335. The van der Waals surface area contributed by atoms with E-state index in [1.807, 2.05) is 0 Å². The van der Waals surface area contributed by atoms with E-state index < -0.39 is 11.7 Å². The van der Waals surface area contributed by atoms with Crippen LogP contribution in [0.1, 0.15) is 17.0 Å². The van der Waals surface area contributed by atoms with Crippen molar-refractivity contribution in [2.24, 2.45) is 0 Å². The van der Waals surface area contributed by atoms with E-state index in [-0.39, 0.29) is 0 Å². The van der Waals surface area contributed by atoms with Crippen LogP contribution in [0.15, 0.2) is 22.7 Å². The van der Waals surface area contributed by atoms with Gasteiger partial charge in [0.05, 0.1) is 5.56 Å². The van der Waals surface area contributed by atoms with Crippen LogP contribution in [-0.4, -0.2) is 13.1 Å². The van der Waals surface area contributed by atoms with Gasteiger partial charge in [-0.15, -0.1) is 0 Å². The summed E-state index contributed by atoms with van der Waals surface area (Å²) in [4.78, 5) is 0. The van der Waals surface area contributed by atoms with Crippen molar-refractivity contribution in [3.05, 3.63) is 33.8 Å². The minimum absolute atomic E-state index is 0.335. The molecule has 1 N–H and O–H groups in total. The van der Waals surface area contributed by atoms with Crippen LogP contribution in [0.25, 0.3) is 0 Å². The first-order valence-corrected chi connectivity index (χ1v) is 5.35. The van der Waals surface area contributed by atoms with E-state index in [0.717, 1.165) is 30.8 Å². The van der Waals surface area contributed by atoms with Gasteiger partial charge in [0.2, 0.25) is 0 Å². The molecule has 1 fully saturated rings. The minimum atomic E-state index is -4.26. The molecule has 0 aliphatic carbocycles. The first-order valence-electron chi connectivity index (χ1n) is 4.56. The highest BCUT2D eigenvalue weighted by Gasteiger charge is 2.31. The predicted molar refractivity (Wildman–Crippen MR) is 54.8 cm³/mol. The summed E-state index contributed by atoms with van der Waals surface area (Å²) in [7, 11) is 0. The van der Waals surface area contributed by atoms with Crippen molar-refractivity contribution in [1.82, 2.24) is 5.32 Å². The molecule has 0 spiro atoms. The summed E-state index contributed by atoms with van der Waals surface area (Å²) in [5, 5.41) is 3.09. The third kappa shape index (κ3) is 2.18. The van der Waals surface area contributed by atoms with Crippen molar-refractivity contribution in [2.75, 3.05) is 13.1 Å². The van der Waals surface area contributed by atoms with E-state index in [0.29, 0.717) is 10.4 Å². The highest BCUT2D eigenvalue weighted by molar-refractivity contribution is 9.10. The quantitative estimate of drug-likeness (QED) is 0.833.